The Morgan fingerprint density at radius 2 is 1.37 bits per heavy atom. The van der Waals surface area contributed by atoms with Crippen molar-refractivity contribution in [3.63, 3.8) is 0 Å². The minimum absolute atomic E-state index is 0.206. The summed E-state index contributed by atoms with van der Waals surface area (Å²) in [4.78, 5) is 9.64. The van der Waals surface area contributed by atoms with Gasteiger partial charge in [-0.05, 0) is 88.0 Å². The molecule has 0 fully saturated rings. The zero-order valence-electron chi connectivity index (χ0n) is 25.1. The Kier molecular flexibility index (Phi) is 6.07. The molecule has 4 heteroatoms. The lowest BCUT2D eigenvalue weighted by molar-refractivity contribution is 0.482. The van der Waals surface area contributed by atoms with E-state index in [1.807, 2.05) is 30.3 Å². The van der Waals surface area contributed by atoms with Crippen LogP contribution < -0.4 is 0 Å². The van der Waals surface area contributed by atoms with E-state index in [0.717, 1.165) is 90.5 Å². The third kappa shape index (κ3) is 4.22. The quantitative estimate of drug-likeness (QED) is 0.207. The lowest BCUT2D eigenvalue weighted by atomic mass is 9.89. The number of nitrogens with zero attached hydrogens (tertiary/aromatic N) is 3. The highest BCUT2D eigenvalue weighted by molar-refractivity contribution is 6.15. The predicted octanol–water partition coefficient (Wildman–Crippen LogP) is 10.4. The number of hydrogen-bond acceptors (Lipinski definition) is 3. The number of aromatic hydroxyl groups is 1. The van der Waals surface area contributed by atoms with E-state index in [9.17, 15) is 5.11 Å². The average molecular weight is 592 g/mol. The van der Waals surface area contributed by atoms with E-state index in [0.29, 0.717) is 5.52 Å². The van der Waals surface area contributed by atoms with Crippen molar-refractivity contribution in [1.82, 2.24) is 14.5 Å². The first-order valence-electron chi connectivity index (χ1n) is 15.7. The van der Waals surface area contributed by atoms with Gasteiger partial charge in [0.25, 0.3) is 0 Å². The number of phenolic OH excluding ortho intramolecular Hbond substituents is 1. The van der Waals surface area contributed by atoms with Gasteiger partial charge in [-0.25, -0.2) is 4.98 Å². The predicted molar refractivity (Wildman–Crippen MR) is 189 cm³/mol. The monoisotopic (exact) mass is 591 g/mol. The SMILES string of the molecule is Oc1c(-c2c3ccccc3cc3ccc(-c4ccc(-c5nc6c(n5-c5ccccc5)C=CCC6)cc4)cc23)ccc2cccnc12. The maximum absolute atomic E-state index is 11.5. The van der Waals surface area contributed by atoms with Crippen molar-refractivity contribution in [2.24, 2.45) is 0 Å². The largest absolute Gasteiger partial charge is 0.505 e. The summed E-state index contributed by atoms with van der Waals surface area (Å²) in [5.74, 6) is 1.17. The van der Waals surface area contributed by atoms with Crippen LogP contribution in [0.2, 0.25) is 0 Å². The van der Waals surface area contributed by atoms with E-state index < -0.39 is 0 Å². The number of allylic oxidation sites excluding steroid dienone is 1. The van der Waals surface area contributed by atoms with Crippen LogP contribution in [0.3, 0.4) is 0 Å². The molecule has 0 unspecified atom stereocenters. The van der Waals surface area contributed by atoms with Crippen LogP contribution >= 0.6 is 0 Å². The van der Waals surface area contributed by atoms with Gasteiger partial charge in [-0.3, -0.25) is 9.55 Å². The van der Waals surface area contributed by atoms with Crippen LogP contribution in [0.5, 0.6) is 5.75 Å². The summed E-state index contributed by atoms with van der Waals surface area (Å²) < 4.78 is 2.28. The normalized spacial score (nSPS) is 12.6. The number of aromatic nitrogens is 3. The molecule has 2 aromatic heterocycles. The van der Waals surface area contributed by atoms with Crippen LogP contribution in [-0.4, -0.2) is 19.6 Å². The fourth-order valence-electron chi connectivity index (χ4n) is 6.95. The number of aryl methyl sites for hydroxylation is 1. The first-order valence-corrected chi connectivity index (χ1v) is 15.7. The van der Waals surface area contributed by atoms with E-state index in [1.54, 1.807) is 6.20 Å². The number of rotatable bonds is 4. The highest BCUT2D eigenvalue weighted by Crippen LogP contribution is 2.43. The summed E-state index contributed by atoms with van der Waals surface area (Å²) in [5, 5.41) is 16.9. The third-order valence-electron chi connectivity index (χ3n) is 9.18. The van der Waals surface area contributed by atoms with Crippen molar-refractivity contribution in [3.05, 3.63) is 151 Å². The van der Waals surface area contributed by atoms with E-state index in [2.05, 4.69) is 119 Å². The number of pyridine rings is 1. The second kappa shape index (κ2) is 10.6. The zero-order valence-corrected chi connectivity index (χ0v) is 25.1. The molecule has 1 N–H and O–H groups in total. The summed E-state index contributed by atoms with van der Waals surface area (Å²) in [6, 6.07) is 44.4. The Morgan fingerprint density at radius 3 is 2.26 bits per heavy atom. The molecule has 218 valence electrons. The highest BCUT2D eigenvalue weighted by Gasteiger charge is 2.20. The first-order chi connectivity index (χ1) is 22.7. The van der Waals surface area contributed by atoms with Crippen molar-refractivity contribution in [2.75, 3.05) is 0 Å². The summed E-state index contributed by atoms with van der Waals surface area (Å²) >= 11 is 0. The van der Waals surface area contributed by atoms with Gasteiger partial charge in [-0.2, -0.15) is 0 Å². The van der Waals surface area contributed by atoms with Crippen molar-refractivity contribution in [1.29, 1.82) is 0 Å². The van der Waals surface area contributed by atoms with Gasteiger partial charge in [0.2, 0.25) is 0 Å². The van der Waals surface area contributed by atoms with Gasteiger partial charge in [0.15, 0.2) is 0 Å². The van der Waals surface area contributed by atoms with Crippen LogP contribution in [0, 0.1) is 0 Å². The molecule has 8 aromatic rings. The van der Waals surface area contributed by atoms with Crippen LogP contribution in [0.4, 0.5) is 0 Å². The lowest BCUT2D eigenvalue weighted by Gasteiger charge is -2.16. The Bertz CT molecular complexity index is 2470. The molecule has 9 rings (SSSR count). The fourth-order valence-corrected chi connectivity index (χ4v) is 6.95. The maximum atomic E-state index is 11.5. The van der Waals surface area contributed by atoms with Crippen molar-refractivity contribution in [3.8, 4) is 45.1 Å². The molecule has 0 amide bonds. The number of imidazole rings is 1. The van der Waals surface area contributed by atoms with Crippen LogP contribution in [0.25, 0.3) is 77.9 Å². The summed E-state index contributed by atoms with van der Waals surface area (Å²) in [7, 11) is 0. The molecule has 1 aliphatic carbocycles. The minimum atomic E-state index is 0.206. The summed E-state index contributed by atoms with van der Waals surface area (Å²) in [6.45, 7) is 0. The number of para-hydroxylation sites is 1. The molecular weight excluding hydrogens is 562 g/mol. The number of benzene rings is 6. The Morgan fingerprint density at radius 1 is 0.630 bits per heavy atom. The molecule has 0 spiro atoms. The topological polar surface area (TPSA) is 50.9 Å². The van der Waals surface area contributed by atoms with E-state index >= 15 is 0 Å². The number of hydrogen-bond donors (Lipinski definition) is 1. The maximum Gasteiger partial charge on any atom is 0.149 e. The van der Waals surface area contributed by atoms with Gasteiger partial charge in [-0.1, -0.05) is 97.1 Å². The highest BCUT2D eigenvalue weighted by atomic mass is 16.3. The molecular formula is C42H29N3O. The first kappa shape index (κ1) is 26.4. The van der Waals surface area contributed by atoms with Crippen LogP contribution in [0.15, 0.2) is 140 Å². The zero-order chi connectivity index (χ0) is 30.6. The van der Waals surface area contributed by atoms with Crippen LogP contribution in [-0.2, 0) is 6.42 Å². The van der Waals surface area contributed by atoms with Crippen molar-refractivity contribution < 1.29 is 5.11 Å². The summed E-state index contributed by atoms with van der Waals surface area (Å²) in [5.41, 5.74) is 9.15. The second-order valence-electron chi connectivity index (χ2n) is 11.9. The van der Waals surface area contributed by atoms with E-state index in [4.69, 9.17) is 4.98 Å². The Hall–Kier alpha value is -6.00. The third-order valence-corrected chi connectivity index (χ3v) is 9.18. The van der Waals surface area contributed by atoms with Gasteiger partial charge in [0, 0.05) is 34.0 Å². The molecule has 0 aliphatic heterocycles. The fraction of sp³-hybridized carbons (Fsp3) is 0.0476. The molecule has 46 heavy (non-hydrogen) atoms. The molecule has 0 radical (unpaired) electrons. The minimum Gasteiger partial charge on any atom is -0.505 e. The van der Waals surface area contributed by atoms with Gasteiger partial charge in [0.1, 0.15) is 17.1 Å². The van der Waals surface area contributed by atoms with Gasteiger partial charge >= 0.3 is 0 Å². The average Bonchev–Trinajstić information content (AvgIpc) is 3.51. The Labute approximate surface area is 266 Å². The summed E-state index contributed by atoms with van der Waals surface area (Å²) in [6.07, 6.45) is 8.14. The molecule has 0 saturated carbocycles. The molecule has 1 aliphatic rings. The van der Waals surface area contributed by atoms with E-state index in [1.165, 1.54) is 0 Å². The molecule has 2 heterocycles. The Balaban J connectivity index is 1.19. The molecule has 0 atom stereocenters. The second-order valence-corrected chi connectivity index (χ2v) is 11.9. The van der Waals surface area contributed by atoms with Gasteiger partial charge in [0.05, 0.1) is 11.4 Å². The van der Waals surface area contributed by atoms with Crippen LogP contribution in [0.1, 0.15) is 17.8 Å². The standard InChI is InChI=1S/C42H29N3O/c46-41-35(23-22-28-10-8-24-43-40(28)41)39-34-13-5-4-9-31(34)25-32-21-20-30(26-36(32)39)27-16-18-29(19-17-27)42-44-37-14-6-7-15-38(37)45(42)33-11-2-1-3-12-33/h1-5,7-13,15-26,46H,6,14H2. The molecule has 6 aromatic carbocycles. The van der Waals surface area contributed by atoms with Gasteiger partial charge in [-0.15, -0.1) is 0 Å². The molecule has 4 nitrogen and oxygen atoms in total. The van der Waals surface area contributed by atoms with Crippen molar-refractivity contribution >= 4 is 38.5 Å². The van der Waals surface area contributed by atoms with E-state index in [-0.39, 0.29) is 5.75 Å². The molecule has 0 saturated heterocycles. The van der Waals surface area contributed by atoms with Crippen molar-refractivity contribution in [2.45, 2.75) is 12.8 Å². The number of phenols is 1. The number of fused-ring (bicyclic) bond motifs is 4. The smallest absolute Gasteiger partial charge is 0.149 e. The van der Waals surface area contributed by atoms with Gasteiger partial charge < -0.3 is 5.11 Å². The molecule has 0 bridgehead atoms. The lowest BCUT2D eigenvalue weighted by Crippen LogP contribution is -2.01.